The molecule has 0 N–H and O–H groups in total. The van der Waals surface area contributed by atoms with E-state index in [4.69, 9.17) is 0 Å². The molecule has 0 fully saturated rings. The molecule has 0 atom stereocenters. The second-order valence-corrected chi connectivity index (χ2v) is 3.20. The lowest BCUT2D eigenvalue weighted by Crippen LogP contribution is -1.76. The molecule has 0 aromatic heterocycles. The van der Waals surface area contributed by atoms with E-state index in [1.807, 2.05) is 6.42 Å². The van der Waals surface area contributed by atoms with Gasteiger partial charge in [-0.25, -0.2) is 0 Å². The van der Waals surface area contributed by atoms with Crippen molar-refractivity contribution in [2.45, 2.75) is 0 Å². The Bertz CT molecular complexity index is 211. The van der Waals surface area contributed by atoms with Gasteiger partial charge < -0.3 is 0 Å². The molecule has 0 spiro atoms. The monoisotopic (exact) mass is 243 g/mol. The van der Waals surface area contributed by atoms with Crippen molar-refractivity contribution in [1.82, 2.24) is 0 Å². The molecule has 1 heteroatoms. The average Bonchev–Trinajstić information content (AvgIpc) is 1.95. The van der Waals surface area contributed by atoms with Crippen molar-refractivity contribution in [3.63, 3.8) is 0 Å². The number of allylic oxidation sites excluding steroid dienone is 1. The van der Waals surface area contributed by atoms with Crippen molar-refractivity contribution < 1.29 is 0 Å². The lowest BCUT2D eigenvalue weighted by atomic mass is 10.2. The van der Waals surface area contributed by atoms with E-state index in [1.165, 1.54) is 9.13 Å². The Morgan fingerprint density at radius 2 is 1.80 bits per heavy atom. The zero-order valence-corrected chi connectivity index (χ0v) is 7.71. The Hall–Kier alpha value is -0.310. The van der Waals surface area contributed by atoms with E-state index in [0.717, 1.165) is 0 Å². The molecule has 0 aliphatic heterocycles. The zero-order chi connectivity index (χ0) is 7.40. The molecule has 0 bridgehead atoms. The van der Waals surface area contributed by atoms with E-state index in [1.54, 1.807) is 6.08 Å². The van der Waals surface area contributed by atoms with E-state index in [0.29, 0.717) is 0 Å². The number of hydrogen-bond donors (Lipinski definition) is 0. The second kappa shape index (κ2) is 3.76. The van der Waals surface area contributed by atoms with Crippen LogP contribution >= 0.6 is 22.6 Å². The first-order valence-corrected chi connectivity index (χ1v) is 4.12. The van der Waals surface area contributed by atoms with Gasteiger partial charge in [-0.1, -0.05) is 18.2 Å². The van der Waals surface area contributed by atoms with Gasteiger partial charge in [0.25, 0.3) is 0 Å². The summed E-state index contributed by atoms with van der Waals surface area (Å²) in [4.78, 5) is 0. The molecular weight excluding hydrogens is 235 g/mol. The van der Waals surface area contributed by atoms with Crippen molar-refractivity contribution in [2.75, 3.05) is 0 Å². The molecule has 51 valence electrons. The highest BCUT2D eigenvalue weighted by Crippen LogP contribution is 2.08. The molecule has 1 aromatic rings. The molecule has 0 amide bonds. The first-order chi connectivity index (χ1) is 4.83. The Morgan fingerprint density at radius 3 is 2.30 bits per heavy atom. The average molecular weight is 243 g/mol. The van der Waals surface area contributed by atoms with Gasteiger partial charge in [-0.2, -0.15) is 0 Å². The maximum Gasteiger partial charge on any atom is 0.0130 e. The molecule has 1 radical (unpaired) electrons. The molecule has 0 aliphatic carbocycles. The first-order valence-electron chi connectivity index (χ1n) is 3.04. The summed E-state index contributed by atoms with van der Waals surface area (Å²) >= 11 is 2.29. The first kappa shape index (κ1) is 7.79. The number of rotatable bonds is 2. The molecule has 0 aliphatic rings. The third-order valence-electron chi connectivity index (χ3n) is 1.18. The summed E-state index contributed by atoms with van der Waals surface area (Å²) in [5.74, 6) is 0. The molecule has 1 rings (SSSR count). The van der Waals surface area contributed by atoms with E-state index < -0.39 is 0 Å². The minimum atomic E-state index is 1.20. The van der Waals surface area contributed by atoms with Crippen LogP contribution in [-0.2, 0) is 0 Å². The summed E-state index contributed by atoms with van der Waals surface area (Å²) in [5.41, 5.74) is 1.20. The van der Waals surface area contributed by atoms with Crippen molar-refractivity contribution in [3.05, 3.63) is 52.5 Å². The highest BCUT2D eigenvalue weighted by atomic mass is 127. The topological polar surface area (TPSA) is 0 Å². The fourth-order valence-corrected chi connectivity index (χ4v) is 1.07. The van der Waals surface area contributed by atoms with Crippen molar-refractivity contribution in [2.24, 2.45) is 0 Å². The van der Waals surface area contributed by atoms with Gasteiger partial charge >= 0.3 is 0 Å². The van der Waals surface area contributed by atoms with Crippen LogP contribution in [0.3, 0.4) is 0 Å². The van der Waals surface area contributed by atoms with Crippen molar-refractivity contribution in [3.8, 4) is 0 Å². The highest BCUT2D eigenvalue weighted by molar-refractivity contribution is 14.1. The minimum absolute atomic E-state index is 1.20. The summed E-state index contributed by atoms with van der Waals surface area (Å²) in [5, 5.41) is 0. The van der Waals surface area contributed by atoms with Crippen LogP contribution < -0.4 is 0 Å². The van der Waals surface area contributed by atoms with E-state index in [2.05, 4.69) is 53.4 Å². The van der Waals surface area contributed by atoms with Crippen molar-refractivity contribution >= 4 is 22.6 Å². The van der Waals surface area contributed by atoms with Gasteiger partial charge in [0, 0.05) is 9.99 Å². The van der Waals surface area contributed by atoms with Gasteiger partial charge in [0.2, 0.25) is 0 Å². The Kier molecular flexibility index (Phi) is 2.93. The predicted molar refractivity (Wildman–Crippen MR) is 52.8 cm³/mol. The Balaban J connectivity index is 2.78. The van der Waals surface area contributed by atoms with E-state index in [9.17, 15) is 0 Å². The normalized spacial score (nSPS) is 9.30. The van der Waals surface area contributed by atoms with Crippen LogP contribution in [0.15, 0.2) is 36.9 Å². The molecular formula is C9H8I. The van der Waals surface area contributed by atoms with Crippen LogP contribution in [-0.4, -0.2) is 0 Å². The maximum atomic E-state index is 3.62. The molecule has 0 unspecified atom stereocenters. The second-order valence-electron chi connectivity index (χ2n) is 1.95. The van der Waals surface area contributed by atoms with Crippen LogP contribution in [0.5, 0.6) is 0 Å². The lowest BCUT2D eigenvalue weighted by molar-refractivity contribution is 1.51. The van der Waals surface area contributed by atoms with Gasteiger partial charge in [-0.05, 0) is 40.3 Å². The molecule has 0 heterocycles. The molecule has 0 saturated heterocycles. The van der Waals surface area contributed by atoms with Crippen LogP contribution in [0, 0.1) is 9.99 Å². The van der Waals surface area contributed by atoms with Crippen LogP contribution in [0.2, 0.25) is 0 Å². The predicted octanol–water partition coefficient (Wildman–Crippen LogP) is 3.03. The van der Waals surface area contributed by atoms with Gasteiger partial charge in [0.1, 0.15) is 0 Å². The molecule has 10 heavy (non-hydrogen) atoms. The molecule has 0 saturated carbocycles. The lowest BCUT2D eigenvalue weighted by Gasteiger charge is -1.93. The quantitative estimate of drug-likeness (QED) is 0.700. The molecule has 1 aromatic carbocycles. The minimum Gasteiger partial charge on any atom is -0.102 e. The fraction of sp³-hybridized carbons (Fsp3) is 0. The Morgan fingerprint density at radius 1 is 1.20 bits per heavy atom. The van der Waals surface area contributed by atoms with Crippen LogP contribution in [0.4, 0.5) is 0 Å². The molecule has 0 nitrogen and oxygen atoms in total. The summed E-state index contributed by atoms with van der Waals surface area (Å²) in [6.45, 7) is 3.62. The summed E-state index contributed by atoms with van der Waals surface area (Å²) < 4.78 is 1.26. The van der Waals surface area contributed by atoms with Gasteiger partial charge in [0.05, 0.1) is 0 Å². The van der Waals surface area contributed by atoms with Gasteiger partial charge in [-0.3, -0.25) is 0 Å². The van der Waals surface area contributed by atoms with Crippen LogP contribution in [0.25, 0.3) is 0 Å². The number of benzene rings is 1. The SMILES string of the molecule is C=C[CH]c1ccc(I)cc1. The number of halogens is 1. The van der Waals surface area contributed by atoms with Gasteiger partial charge in [0.15, 0.2) is 0 Å². The third-order valence-corrected chi connectivity index (χ3v) is 1.90. The largest absolute Gasteiger partial charge is 0.102 e. The summed E-state index contributed by atoms with van der Waals surface area (Å²) in [6, 6.07) is 8.30. The van der Waals surface area contributed by atoms with Crippen molar-refractivity contribution in [1.29, 1.82) is 0 Å². The third kappa shape index (κ3) is 2.14. The van der Waals surface area contributed by atoms with E-state index in [-0.39, 0.29) is 0 Å². The highest BCUT2D eigenvalue weighted by Gasteiger charge is 1.87. The standard InChI is InChI=1S/C9H8I/c1-2-3-8-4-6-9(10)7-5-8/h2-7H,1H2. The van der Waals surface area contributed by atoms with Gasteiger partial charge in [-0.15, -0.1) is 6.58 Å². The van der Waals surface area contributed by atoms with E-state index >= 15 is 0 Å². The Labute approximate surface area is 75.1 Å². The summed E-state index contributed by atoms with van der Waals surface area (Å²) in [6.07, 6.45) is 3.78. The maximum absolute atomic E-state index is 3.62. The fourth-order valence-electron chi connectivity index (χ4n) is 0.710. The number of hydrogen-bond acceptors (Lipinski definition) is 0. The van der Waals surface area contributed by atoms with Crippen LogP contribution in [0.1, 0.15) is 5.56 Å². The smallest absolute Gasteiger partial charge is 0.0130 e. The zero-order valence-electron chi connectivity index (χ0n) is 5.55. The summed E-state index contributed by atoms with van der Waals surface area (Å²) in [7, 11) is 0.